The Kier molecular flexibility index (Phi) is 1.35. The van der Waals surface area contributed by atoms with Crippen LogP contribution in [0, 0.1) is 71.0 Å². The second kappa shape index (κ2) is 2.54. The van der Waals surface area contributed by atoms with Crippen LogP contribution in [-0.4, -0.2) is 22.9 Å². The third-order valence-corrected chi connectivity index (χ3v) is 9.15. The highest BCUT2D eigenvalue weighted by atomic mass is 16.5. The zero-order valence-electron chi connectivity index (χ0n) is 12.4. The molecule has 0 aromatic heterocycles. The molecule has 8 unspecified atom stereocenters. The van der Waals surface area contributed by atoms with Crippen molar-refractivity contribution in [3.63, 3.8) is 0 Å². The maximum absolute atomic E-state index is 10.7. The number of aliphatic hydroxyl groups is 1. The summed E-state index contributed by atoms with van der Waals surface area (Å²) < 4.78 is 6.60. The molecule has 1 N–H and O–H groups in total. The summed E-state index contributed by atoms with van der Waals surface area (Å²) in [6.07, 6.45) is 0.680. The van der Waals surface area contributed by atoms with E-state index >= 15 is 0 Å². The van der Waals surface area contributed by atoms with Gasteiger partial charge in [0.1, 0.15) is 0 Å². The SMILES string of the molecule is CC(C)(C)OC1C2C3C4C5C(O)C6C4C2C2C1C3C5C62. The molecular formula is C18H24O2. The van der Waals surface area contributed by atoms with Crippen molar-refractivity contribution >= 4 is 0 Å². The normalized spacial score (nSPS) is 79.2. The highest BCUT2D eigenvalue weighted by molar-refractivity contribution is 5.39. The van der Waals surface area contributed by atoms with E-state index in [1.54, 1.807) is 0 Å². The van der Waals surface area contributed by atoms with Crippen molar-refractivity contribution in [3.8, 4) is 0 Å². The van der Waals surface area contributed by atoms with E-state index in [0.717, 1.165) is 71.0 Å². The summed E-state index contributed by atoms with van der Waals surface area (Å²) in [7, 11) is 0. The van der Waals surface area contributed by atoms with Gasteiger partial charge in [-0.1, -0.05) is 0 Å². The van der Waals surface area contributed by atoms with Gasteiger partial charge in [0, 0.05) is 0 Å². The fraction of sp³-hybridized carbons (Fsp3) is 1.00. The predicted octanol–water partition coefficient (Wildman–Crippen LogP) is 2.02. The van der Waals surface area contributed by atoms with Gasteiger partial charge in [-0.3, -0.25) is 0 Å². The Hall–Kier alpha value is -0.0800. The molecule has 8 rings (SSSR count). The smallest absolute Gasteiger partial charge is 0.0649 e. The Morgan fingerprint density at radius 2 is 0.950 bits per heavy atom. The van der Waals surface area contributed by atoms with Gasteiger partial charge in [0.05, 0.1) is 17.8 Å². The van der Waals surface area contributed by atoms with Gasteiger partial charge >= 0.3 is 0 Å². The van der Waals surface area contributed by atoms with Crippen LogP contribution in [-0.2, 0) is 4.74 Å². The first-order chi connectivity index (χ1) is 9.51. The number of hydrogen-bond acceptors (Lipinski definition) is 2. The van der Waals surface area contributed by atoms with Crippen LogP contribution in [0.25, 0.3) is 0 Å². The Morgan fingerprint density at radius 1 is 0.600 bits per heavy atom. The van der Waals surface area contributed by atoms with Crippen molar-refractivity contribution in [2.75, 3.05) is 0 Å². The zero-order valence-corrected chi connectivity index (χ0v) is 12.4. The van der Waals surface area contributed by atoms with Crippen LogP contribution in [0.15, 0.2) is 0 Å². The molecule has 108 valence electrons. The van der Waals surface area contributed by atoms with E-state index in [2.05, 4.69) is 20.8 Å². The van der Waals surface area contributed by atoms with Gasteiger partial charge in [0.2, 0.25) is 0 Å². The summed E-state index contributed by atoms with van der Waals surface area (Å²) in [5, 5.41) is 10.7. The summed E-state index contributed by atoms with van der Waals surface area (Å²) in [6.45, 7) is 6.70. The second-order valence-corrected chi connectivity index (χ2v) is 10.1. The minimum Gasteiger partial charge on any atom is -0.393 e. The summed E-state index contributed by atoms with van der Waals surface area (Å²) >= 11 is 0. The average molecular weight is 272 g/mol. The zero-order chi connectivity index (χ0) is 13.3. The Bertz CT molecular complexity index is 478. The topological polar surface area (TPSA) is 29.5 Å². The molecular weight excluding hydrogens is 248 g/mol. The Morgan fingerprint density at radius 3 is 1.30 bits per heavy atom. The lowest BCUT2D eigenvalue weighted by Gasteiger charge is -2.29. The lowest BCUT2D eigenvalue weighted by atomic mass is 9.80. The van der Waals surface area contributed by atoms with E-state index in [0.29, 0.717) is 6.10 Å². The lowest BCUT2D eigenvalue weighted by Crippen LogP contribution is -2.33. The molecule has 0 aromatic rings. The van der Waals surface area contributed by atoms with Crippen LogP contribution in [0.2, 0.25) is 0 Å². The highest BCUT2D eigenvalue weighted by Gasteiger charge is 2.92. The van der Waals surface area contributed by atoms with Gasteiger partial charge in [-0.25, -0.2) is 0 Å². The summed E-state index contributed by atoms with van der Waals surface area (Å²) in [5.41, 5.74) is 0.0194. The lowest BCUT2D eigenvalue weighted by molar-refractivity contribution is -0.0878. The van der Waals surface area contributed by atoms with E-state index in [-0.39, 0.29) is 11.7 Å². The fourth-order valence-electron chi connectivity index (χ4n) is 10.1. The molecule has 2 nitrogen and oxygen atoms in total. The third kappa shape index (κ3) is 0.711. The van der Waals surface area contributed by atoms with E-state index < -0.39 is 0 Å². The van der Waals surface area contributed by atoms with Crippen LogP contribution in [0.3, 0.4) is 0 Å². The van der Waals surface area contributed by atoms with Crippen LogP contribution in [0.1, 0.15) is 20.8 Å². The molecule has 0 amide bonds. The summed E-state index contributed by atoms with van der Waals surface area (Å²) in [4.78, 5) is 0. The second-order valence-electron chi connectivity index (χ2n) is 10.1. The largest absolute Gasteiger partial charge is 0.393 e. The van der Waals surface area contributed by atoms with Gasteiger partial charge in [-0.15, -0.1) is 0 Å². The standard InChI is InChI=1S/C18H24O2/c1-18(2,3)20-17-14-8-4-5-9(14)11-7-6(10(8)15(11)17)12(4)16(19)13(5)7/h4-17,19H,1-3H3. The number of aliphatic hydroxyl groups excluding tert-OH is 1. The van der Waals surface area contributed by atoms with Gasteiger partial charge in [0.15, 0.2) is 0 Å². The van der Waals surface area contributed by atoms with E-state index in [1.165, 1.54) is 0 Å². The Labute approximate surface area is 120 Å². The molecule has 0 aliphatic heterocycles. The molecule has 8 fully saturated rings. The quantitative estimate of drug-likeness (QED) is 0.791. The van der Waals surface area contributed by atoms with Crippen molar-refractivity contribution in [1.29, 1.82) is 0 Å². The van der Waals surface area contributed by atoms with Gasteiger partial charge < -0.3 is 9.84 Å². The van der Waals surface area contributed by atoms with Crippen LogP contribution < -0.4 is 0 Å². The minimum atomic E-state index is 0.0194. The van der Waals surface area contributed by atoms with Crippen molar-refractivity contribution in [1.82, 2.24) is 0 Å². The number of hydrogen-bond donors (Lipinski definition) is 1. The van der Waals surface area contributed by atoms with E-state index in [4.69, 9.17) is 4.74 Å². The Balaban J connectivity index is 1.42. The monoisotopic (exact) mass is 272 g/mol. The van der Waals surface area contributed by atoms with Crippen molar-refractivity contribution < 1.29 is 9.84 Å². The maximum Gasteiger partial charge on any atom is 0.0649 e. The summed E-state index contributed by atoms with van der Waals surface area (Å²) in [6, 6.07) is 0. The third-order valence-electron chi connectivity index (χ3n) is 9.15. The van der Waals surface area contributed by atoms with Crippen molar-refractivity contribution in [2.45, 2.75) is 38.6 Å². The predicted molar refractivity (Wildman–Crippen MR) is 72.5 cm³/mol. The van der Waals surface area contributed by atoms with Crippen LogP contribution in [0.5, 0.6) is 0 Å². The molecule has 8 atom stereocenters. The van der Waals surface area contributed by atoms with Crippen LogP contribution >= 0.6 is 0 Å². The summed E-state index contributed by atoms with van der Waals surface area (Å²) in [5.74, 6) is 10.7. The molecule has 0 spiro atoms. The minimum absolute atomic E-state index is 0.0194. The first kappa shape index (κ1) is 10.6. The number of ether oxygens (including phenoxy) is 1. The van der Waals surface area contributed by atoms with Gasteiger partial charge in [-0.2, -0.15) is 0 Å². The fourth-order valence-corrected chi connectivity index (χ4v) is 10.1. The maximum atomic E-state index is 10.7. The molecule has 2 heteroatoms. The molecule has 0 radical (unpaired) electrons. The molecule has 8 aliphatic rings. The molecule has 8 saturated carbocycles. The number of rotatable bonds is 1. The first-order valence-corrected chi connectivity index (χ1v) is 8.86. The van der Waals surface area contributed by atoms with Gasteiger partial charge in [-0.05, 0) is 91.8 Å². The molecule has 0 saturated heterocycles. The van der Waals surface area contributed by atoms with Crippen molar-refractivity contribution in [3.05, 3.63) is 0 Å². The van der Waals surface area contributed by atoms with Crippen molar-refractivity contribution in [2.24, 2.45) is 71.0 Å². The molecule has 20 heavy (non-hydrogen) atoms. The van der Waals surface area contributed by atoms with Crippen LogP contribution in [0.4, 0.5) is 0 Å². The van der Waals surface area contributed by atoms with Gasteiger partial charge in [0.25, 0.3) is 0 Å². The first-order valence-electron chi connectivity index (χ1n) is 8.86. The molecule has 4 bridgehead atoms. The highest BCUT2D eigenvalue weighted by Crippen LogP contribution is 2.92. The van der Waals surface area contributed by atoms with E-state index in [1.807, 2.05) is 0 Å². The molecule has 0 heterocycles. The average Bonchev–Trinajstić information content (AvgIpc) is 3.00. The van der Waals surface area contributed by atoms with E-state index in [9.17, 15) is 5.11 Å². The molecule has 8 aliphatic carbocycles. The molecule has 0 aromatic carbocycles.